The van der Waals surface area contributed by atoms with Crippen LogP contribution in [0.2, 0.25) is 0 Å². The molecule has 0 radical (unpaired) electrons. The average molecular weight is 223 g/mol. The summed E-state index contributed by atoms with van der Waals surface area (Å²) >= 11 is 0. The molecule has 0 aliphatic heterocycles. The molecular weight excluding hydrogens is 216 g/mol. The van der Waals surface area contributed by atoms with E-state index >= 15 is 0 Å². The van der Waals surface area contributed by atoms with Gasteiger partial charge in [0.15, 0.2) is 12.0 Å². The quantitative estimate of drug-likeness (QED) is 0.751. The molecule has 0 aromatic carbocycles. The highest BCUT2D eigenvalue weighted by Crippen LogP contribution is 2.25. The van der Waals surface area contributed by atoms with Gasteiger partial charge in [-0.1, -0.05) is 0 Å². The maximum Gasteiger partial charge on any atom is 0.280 e. The predicted molar refractivity (Wildman–Crippen MR) is 52.3 cm³/mol. The lowest BCUT2D eigenvalue weighted by atomic mass is 10.2. The minimum atomic E-state index is -2.62. The summed E-state index contributed by atoms with van der Waals surface area (Å²) in [5, 5.41) is 0. The summed E-state index contributed by atoms with van der Waals surface area (Å²) in [6.45, 7) is 0. The van der Waals surface area contributed by atoms with Gasteiger partial charge in [-0.25, -0.2) is 8.78 Å². The number of aldehydes is 1. The molecule has 0 atom stereocenters. The van der Waals surface area contributed by atoms with E-state index in [0.29, 0.717) is 17.6 Å². The second-order valence-electron chi connectivity index (χ2n) is 3.09. The van der Waals surface area contributed by atoms with E-state index in [-0.39, 0.29) is 11.5 Å². The van der Waals surface area contributed by atoms with Gasteiger partial charge in [-0.15, -0.1) is 0 Å². The number of hydrogen-bond donors (Lipinski definition) is 0. The van der Waals surface area contributed by atoms with E-state index < -0.39 is 6.43 Å². The molecule has 5 heteroatoms. The van der Waals surface area contributed by atoms with Crippen LogP contribution in [0.5, 0.6) is 0 Å². The predicted octanol–water partition coefficient (Wildman–Crippen LogP) is 3.09. The number of carbonyl (C=O) groups is 1. The molecule has 0 saturated heterocycles. The molecule has 0 fully saturated rings. The van der Waals surface area contributed by atoms with Crippen molar-refractivity contribution in [3.63, 3.8) is 0 Å². The van der Waals surface area contributed by atoms with Crippen molar-refractivity contribution in [3.8, 4) is 11.3 Å². The third kappa shape index (κ3) is 1.98. The largest absolute Gasteiger partial charge is 0.453 e. The summed E-state index contributed by atoms with van der Waals surface area (Å²) < 4.78 is 29.9. The second kappa shape index (κ2) is 4.22. The zero-order chi connectivity index (χ0) is 11.5. The Morgan fingerprint density at radius 2 is 2.12 bits per heavy atom. The van der Waals surface area contributed by atoms with E-state index in [4.69, 9.17) is 4.42 Å². The lowest BCUT2D eigenvalue weighted by Crippen LogP contribution is -1.89. The van der Waals surface area contributed by atoms with Crippen LogP contribution in [0.25, 0.3) is 11.3 Å². The first-order valence-electron chi connectivity index (χ1n) is 4.50. The molecule has 0 aliphatic carbocycles. The normalized spacial score (nSPS) is 10.7. The number of aromatic nitrogens is 1. The first-order chi connectivity index (χ1) is 7.70. The van der Waals surface area contributed by atoms with E-state index in [1.807, 2.05) is 0 Å². The Hall–Kier alpha value is -2.04. The summed E-state index contributed by atoms with van der Waals surface area (Å²) in [4.78, 5) is 13.9. The van der Waals surface area contributed by atoms with Gasteiger partial charge in [0.1, 0.15) is 11.5 Å². The van der Waals surface area contributed by atoms with E-state index in [9.17, 15) is 13.6 Å². The van der Waals surface area contributed by atoms with Crippen molar-refractivity contribution < 1.29 is 18.0 Å². The molecule has 3 nitrogen and oxygen atoms in total. The third-order valence-electron chi connectivity index (χ3n) is 2.03. The first-order valence-corrected chi connectivity index (χ1v) is 4.50. The molecule has 16 heavy (non-hydrogen) atoms. The summed E-state index contributed by atoms with van der Waals surface area (Å²) in [5.74, 6) is 0.525. The van der Waals surface area contributed by atoms with E-state index in [1.54, 1.807) is 12.1 Å². The Bertz CT molecular complexity index is 508. The highest BCUT2D eigenvalue weighted by Gasteiger charge is 2.11. The molecule has 0 N–H and O–H groups in total. The standard InChI is InChI=1S/C11H7F2NO2/c12-11(13)9-5-7(3-4-14-9)10-2-1-8(6-15)16-10/h1-6,11H. The molecule has 2 aromatic heterocycles. The van der Waals surface area contributed by atoms with Gasteiger partial charge >= 0.3 is 0 Å². The fourth-order valence-electron chi connectivity index (χ4n) is 1.29. The molecule has 0 aliphatic rings. The topological polar surface area (TPSA) is 43.1 Å². The van der Waals surface area contributed by atoms with Crippen molar-refractivity contribution in [2.75, 3.05) is 0 Å². The van der Waals surface area contributed by atoms with Gasteiger partial charge in [0.2, 0.25) is 0 Å². The van der Waals surface area contributed by atoms with Crippen LogP contribution in [-0.2, 0) is 0 Å². The maximum atomic E-state index is 12.4. The summed E-state index contributed by atoms with van der Waals surface area (Å²) in [6.07, 6.45) is -0.793. The van der Waals surface area contributed by atoms with Gasteiger partial charge in [0, 0.05) is 11.8 Å². The Labute approximate surface area is 89.7 Å². The molecule has 2 aromatic rings. The third-order valence-corrected chi connectivity index (χ3v) is 2.03. The minimum Gasteiger partial charge on any atom is -0.453 e. The van der Waals surface area contributed by atoms with Crippen molar-refractivity contribution >= 4 is 6.29 Å². The van der Waals surface area contributed by atoms with Gasteiger partial charge in [0.25, 0.3) is 6.43 Å². The molecule has 82 valence electrons. The number of hydrogen-bond acceptors (Lipinski definition) is 3. The van der Waals surface area contributed by atoms with E-state index in [0.717, 1.165) is 0 Å². The van der Waals surface area contributed by atoms with Crippen LogP contribution in [-0.4, -0.2) is 11.3 Å². The van der Waals surface area contributed by atoms with Crippen LogP contribution in [0.1, 0.15) is 22.7 Å². The minimum absolute atomic E-state index is 0.158. The van der Waals surface area contributed by atoms with Crippen LogP contribution in [0, 0.1) is 0 Å². The van der Waals surface area contributed by atoms with Gasteiger partial charge in [-0.2, -0.15) is 0 Å². The van der Waals surface area contributed by atoms with Gasteiger partial charge in [-0.3, -0.25) is 9.78 Å². The molecular formula is C11H7F2NO2. The number of furan rings is 1. The molecule has 0 saturated carbocycles. The van der Waals surface area contributed by atoms with Crippen molar-refractivity contribution in [3.05, 3.63) is 41.9 Å². The first kappa shape index (κ1) is 10.5. The van der Waals surface area contributed by atoms with Crippen LogP contribution in [0.15, 0.2) is 34.9 Å². The molecule has 2 rings (SSSR count). The van der Waals surface area contributed by atoms with E-state index in [1.165, 1.54) is 18.3 Å². The van der Waals surface area contributed by atoms with Crippen molar-refractivity contribution in [1.29, 1.82) is 0 Å². The van der Waals surface area contributed by atoms with Crippen LogP contribution in [0.4, 0.5) is 8.78 Å². The molecule has 0 unspecified atom stereocenters. The summed E-state index contributed by atoms with van der Waals surface area (Å²) in [6, 6.07) is 5.80. The SMILES string of the molecule is O=Cc1ccc(-c2ccnc(C(F)F)c2)o1. The number of pyridine rings is 1. The maximum absolute atomic E-state index is 12.4. The van der Waals surface area contributed by atoms with Crippen molar-refractivity contribution in [1.82, 2.24) is 4.98 Å². The summed E-state index contributed by atoms with van der Waals surface area (Å²) in [7, 11) is 0. The van der Waals surface area contributed by atoms with Crippen LogP contribution >= 0.6 is 0 Å². The fraction of sp³-hybridized carbons (Fsp3) is 0.0909. The van der Waals surface area contributed by atoms with Crippen LogP contribution in [0.3, 0.4) is 0 Å². The van der Waals surface area contributed by atoms with Crippen molar-refractivity contribution in [2.45, 2.75) is 6.43 Å². The Morgan fingerprint density at radius 3 is 2.75 bits per heavy atom. The number of carbonyl (C=O) groups excluding carboxylic acids is 1. The van der Waals surface area contributed by atoms with Gasteiger partial charge in [0.05, 0.1) is 0 Å². The van der Waals surface area contributed by atoms with Crippen LogP contribution < -0.4 is 0 Å². The second-order valence-corrected chi connectivity index (χ2v) is 3.09. The van der Waals surface area contributed by atoms with Crippen molar-refractivity contribution in [2.24, 2.45) is 0 Å². The lowest BCUT2D eigenvalue weighted by molar-refractivity contribution is 0.110. The number of rotatable bonds is 3. The number of alkyl halides is 2. The highest BCUT2D eigenvalue weighted by atomic mass is 19.3. The number of nitrogens with zero attached hydrogens (tertiary/aromatic N) is 1. The Kier molecular flexibility index (Phi) is 2.76. The lowest BCUT2D eigenvalue weighted by Gasteiger charge is -2.00. The Morgan fingerprint density at radius 1 is 1.31 bits per heavy atom. The smallest absolute Gasteiger partial charge is 0.280 e. The zero-order valence-electron chi connectivity index (χ0n) is 8.06. The monoisotopic (exact) mass is 223 g/mol. The van der Waals surface area contributed by atoms with Gasteiger partial charge < -0.3 is 4.42 Å². The number of halogens is 2. The zero-order valence-corrected chi connectivity index (χ0v) is 8.06. The summed E-state index contributed by atoms with van der Waals surface area (Å²) in [5.41, 5.74) is 0.153. The van der Waals surface area contributed by atoms with E-state index in [2.05, 4.69) is 4.98 Å². The molecule has 0 amide bonds. The Balaban J connectivity index is 2.39. The molecule has 0 bridgehead atoms. The molecule has 0 spiro atoms. The van der Waals surface area contributed by atoms with Gasteiger partial charge in [-0.05, 0) is 24.3 Å². The average Bonchev–Trinajstić information content (AvgIpc) is 2.77. The molecule has 2 heterocycles. The fourth-order valence-corrected chi connectivity index (χ4v) is 1.29. The highest BCUT2D eigenvalue weighted by molar-refractivity contribution is 5.72.